The van der Waals surface area contributed by atoms with E-state index in [1.54, 1.807) is 18.0 Å². The lowest BCUT2D eigenvalue weighted by Gasteiger charge is -2.27. The standard InChI is InChI=1S/C23H22N2O3S/c1-15-4-2-3-5-22(15)29-17-6-7-18-16(9-11-28-21(18)12-17)13-25-20-14-24-10-8-19(20)23(26)27/h2-8,10,12,14,16,25H,9,11,13H2,1H3,(H,26,27). The van der Waals surface area contributed by atoms with E-state index >= 15 is 0 Å². The zero-order valence-corrected chi connectivity index (χ0v) is 16.9. The predicted octanol–water partition coefficient (Wildman–Crippen LogP) is 5.22. The number of rotatable bonds is 6. The highest BCUT2D eigenvalue weighted by molar-refractivity contribution is 7.99. The second kappa shape index (κ2) is 8.57. The van der Waals surface area contributed by atoms with Gasteiger partial charge in [0.15, 0.2) is 0 Å². The van der Waals surface area contributed by atoms with Gasteiger partial charge in [-0.3, -0.25) is 4.98 Å². The van der Waals surface area contributed by atoms with Crippen LogP contribution in [-0.2, 0) is 0 Å². The van der Waals surface area contributed by atoms with E-state index in [-0.39, 0.29) is 11.5 Å². The second-order valence-electron chi connectivity index (χ2n) is 7.01. The maximum Gasteiger partial charge on any atom is 0.337 e. The first-order chi connectivity index (χ1) is 14.1. The SMILES string of the molecule is Cc1ccccc1Sc1ccc2c(c1)OCCC2CNc1cnccc1C(=O)O. The Kier molecular flexibility index (Phi) is 5.71. The molecule has 0 aliphatic carbocycles. The zero-order valence-electron chi connectivity index (χ0n) is 16.1. The summed E-state index contributed by atoms with van der Waals surface area (Å²) in [4.78, 5) is 17.8. The second-order valence-corrected chi connectivity index (χ2v) is 8.12. The molecule has 1 aliphatic rings. The van der Waals surface area contributed by atoms with E-state index in [1.807, 2.05) is 6.07 Å². The third-order valence-corrected chi connectivity index (χ3v) is 6.23. The molecule has 1 atom stereocenters. The van der Waals surface area contributed by atoms with Gasteiger partial charge in [0.1, 0.15) is 5.75 Å². The number of hydrogen-bond acceptors (Lipinski definition) is 5. The van der Waals surface area contributed by atoms with Gasteiger partial charge in [-0.2, -0.15) is 0 Å². The van der Waals surface area contributed by atoms with Crippen LogP contribution in [-0.4, -0.2) is 29.2 Å². The number of aromatic nitrogens is 1. The van der Waals surface area contributed by atoms with Crippen molar-refractivity contribution in [1.82, 2.24) is 4.98 Å². The lowest BCUT2D eigenvalue weighted by Crippen LogP contribution is -2.21. The van der Waals surface area contributed by atoms with E-state index in [0.717, 1.165) is 22.6 Å². The van der Waals surface area contributed by atoms with Crippen LogP contribution < -0.4 is 10.1 Å². The minimum atomic E-state index is -0.958. The quantitative estimate of drug-likeness (QED) is 0.585. The van der Waals surface area contributed by atoms with Gasteiger partial charge in [0.25, 0.3) is 0 Å². The Morgan fingerprint density at radius 1 is 1.28 bits per heavy atom. The van der Waals surface area contributed by atoms with Crippen molar-refractivity contribution in [2.75, 3.05) is 18.5 Å². The van der Waals surface area contributed by atoms with Gasteiger partial charge in [-0.05, 0) is 48.7 Å². The molecule has 5 nitrogen and oxygen atoms in total. The van der Waals surface area contributed by atoms with Crippen molar-refractivity contribution < 1.29 is 14.6 Å². The molecule has 0 amide bonds. The van der Waals surface area contributed by atoms with E-state index < -0.39 is 5.97 Å². The molecule has 2 heterocycles. The topological polar surface area (TPSA) is 71.5 Å². The number of fused-ring (bicyclic) bond motifs is 1. The molecule has 0 saturated heterocycles. The molecule has 1 aliphatic heterocycles. The normalized spacial score (nSPS) is 15.3. The molecule has 3 aromatic rings. The van der Waals surface area contributed by atoms with Gasteiger partial charge in [-0.15, -0.1) is 0 Å². The summed E-state index contributed by atoms with van der Waals surface area (Å²) in [6.45, 7) is 3.39. The number of aromatic carboxylic acids is 1. The summed E-state index contributed by atoms with van der Waals surface area (Å²) < 4.78 is 5.93. The Labute approximate surface area is 174 Å². The summed E-state index contributed by atoms with van der Waals surface area (Å²) in [5.74, 6) is 0.199. The maximum absolute atomic E-state index is 11.4. The highest BCUT2D eigenvalue weighted by atomic mass is 32.2. The van der Waals surface area contributed by atoms with Gasteiger partial charge in [0.2, 0.25) is 0 Å². The molecular formula is C23H22N2O3S. The van der Waals surface area contributed by atoms with E-state index in [4.69, 9.17) is 4.74 Å². The smallest absolute Gasteiger partial charge is 0.337 e. The van der Waals surface area contributed by atoms with Crippen LogP contribution in [0.25, 0.3) is 0 Å². The number of carboxylic acids is 1. The van der Waals surface area contributed by atoms with Crippen LogP contribution >= 0.6 is 11.8 Å². The number of anilines is 1. The minimum Gasteiger partial charge on any atom is -0.493 e. The van der Waals surface area contributed by atoms with Crippen LogP contribution in [0.2, 0.25) is 0 Å². The van der Waals surface area contributed by atoms with Crippen molar-refractivity contribution in [3.63, 3.8) is 0 Å². The van der Waals surface area contributed by atoms with Gasteiger partial charge in [-0.1, -0.05) is 36.0 Å². The highest BCUT2D eigenvalue weighted by Gasteiger charge is 2.22. The van der Waals surface area contributed by atoms with Crippen LogP contribution in [0.1, 0.15) is 33.8 Å². The summed E-state index contributed by atoms with van der Waals surface area (Å²) in [6.07, 6.45) is 3.94. The first-order valence-corrected chi connectivity index (χ1v) is 10.3. The predicted molar refractivity (Wildman–Crippen MR) is 114 cm³/mol. The average Bonchev–Trinajstić information content (AvgIpc) is 2.74. The van der Waals surface area contributed by atoms with Gasteiger partial charge >= 0.3 is 5.97 Å². The van der Waals surface area contributed by atoms with Gasteiger partial charge in [-0.25, -0.2) is 4.79 Å². The Morgan fingerprint density at radius 3 is 2.97 bits per heavy atom. The molecule has 0 fully saturated rings. The molecule has 0 spiro atoms. The number of pyridine rings is 1. The summed E-state index contributed by atoms with van der Waals surface area (Å²) in [6, 6.07) is 16.2. The third-order valence-electron chi connectivity index (χ3n) is 5.06. The molecule has 0 bridgehead atoms. The van der Waals surface area contributed by atoms with Crippen molar-refractivity contribution in [3.8, 4) is 5.75 Å². The molecule has 0 radical (unpaired) electrons. The Hall–Kier alpha value is -2.99. The Morgan fingerprint density at radius 2 is 2.14 bits per heavy atom. The molecule has 6 heteroatoms. The van der Waals surface area contributed by atoms with Crippen LogP contribution in [0.4, 0.5) is 5.69 Å². The largest absolute Gasteiger partial charge is 0.493 e. The summed E-state index contributed by atoms with van der Waals surface area (Å²) in [7, 11) is 0. The molecule has 0 saturated carbocycles. The molecule has 2 aromatic carbocycles. The first-order valence-electron chi connectivity index (χ1n) is 9.53. The fourth-order valence-corrected chi connectivity index (χ4v) is 4.40. The molecule has 1 aromatic heterocycles. The third kappa shape index (κ3) is 4.38. The van der Waals surface area contributed by atoms with E-state index in [2.05, 4.69) is 53.6 Å². The van der Waals surface area contributed by atoms with Gasteiger partial charge in [0.05, 0.1) is 24.1 Å². The van der Waals surface area contributed by atoms with Crippen LogP contribution in [0.3, 0.4) is 0 Å². The highest BCUT2D eigenvalue weighted by Crippen LogP contribution is 2.39. The van der Waals surface area contributed by atoms with Gasteiger partial charge in [0, 0.05) is 28.5 Å². The number of benzene rings is 2. The van der Waals surface area contributed by atoms with Crippen molar-refractivity contribution in [1.29, 1.82) is 0 Å². The number of nitrogens with one attached hydrogen (secondary N) is 1. The number of ether oxygens (including phenoxy) is 1. The van der Waals surface area contributed by atoms with Gasteiger partial charge < -0.3 is 15.2 Å². The van der Waals surface area contributed by atoms with Crippen LogP contribution in [0, 0.1) is 6.92 Å². The molecular weight excluding hydrogens is 384 g/mol. The van der Waals surface area contributed by atoms with Crippen LogP contribution in [0.5, 0.6) is 5.75 Å². The van der Waals surface area contributed by atoms with E-state index in [0.29, 0.717) is 18.8 Å². The monoisotopic (exact) mass is 406 g/mol. The number of aryl methyl sites for hydroxylation is 1. The fraction of sp³-hybridized carbons (Fsp3) is 0.217. The molecule has 2 N–H and O–H groups in total. The zero-order chi connectivity index (χ0) is 20.2. The van der Waals surface area contributed by atoms with Crippen LogP contribution in [0.15, 0.2) is 70.7 Å². The lowest BCUT2D eigenvalue weighted by atomic mass is 9.93. The van der Waals surface area contributed by atoms with Crippen molar-refractivity contribution in [3.05, 3.63) is 77.6 Å². The van der Waals surface area contributed by atoms with E-state index in [1.165, 1.54) is 22.7 Å². The number of carboxylic acid groups (broad SMARTS) is 1. The van der Waals surface area contributed by atoms with Crippen molar-refractivity contribution in [2.24, 2.45) is 0 Å². The molecule has 4 rings (SSSR count). The molecule has 1 unspecified atom stereocenters. The molecule has 29 heavy (non-hydrogen) atoms. The summed E-state index contributed by atoms with van der Waals surface area (Å²) >= 11 is 1.73. The summed E-state index contributed by atoms with van der Waals surface area (Å²) in [5, 5.41) is 12.6. The number of nitrogens with zero attached hydrogens (tertiary/aromatic N) is 1. The first kappa shape index (κ1) is 19.3. The maximum atomic E-state index is 11.4. The Bertz CT molecular complexity index is 1040. The average molecular weight is 407 g/mol. The minimum absolute atomic E-state index is 0.234. The summed E-state index contributed by atoms with van der Waals surface area (Å²) in [5.41, 5.74) is 3.18. The lowest BCUT2D eigenvalue weighted by molar-refractivity contribution is 0.0697. The van der Waals surface area contributed by atoms with Crippen molar-refractivity contribution >= 4 is 23.4 Å². The number of hydrogen-bond donors (Lipinski definition) is 2. The molecule has 148 valence electrons. The Balaban J connectivity index is 1.50. The number of carbonyl (C=O) groups is 1. The fourth-order valence-electron chi connectivity index (χ4n) is 3.47. The van der Waals surface area contributed by atoms with E-state index in [9.17, 15) is 9.90 Å². The van der Waals surface area contributed by atoms with Crippen molar-refractivity contribution in [2.45, 2.75) is 29.1 Å².